The van der Waals surface area contributed by atoms with E-state index in [4.69, 9.17) is 0 Å². The minimum absolute atomic E-state index is 0.102. The van der Waals surface area contributed by atoms with Crippen molar-refractivity contribution in [1.29, 1.82) is 0 Å². The van der Waals surface area contributed by atoms with Gasteiger partial charge in [-0.2, -0.15) is 16.5 Å². The topological polar surface area (TPSA) is 95.6 Å². The maximum Gasteiger partial charge on any atom is 0.244 e. The highest BCUT2D eigenvalue weighted by molar-refractivity contribution is 7.98. The summed E-state index contributed by atoms with van der Waals surface area (Å²) in [5.41, 5.74) is 1.63. The van der Waals surface area contributed by atoms with Crippen LogP contribution in [-0.4, -0.2) is 44.8 Å². The van der Waals surface area contributed by atoms with Gasteiger partial charge in [0, 0.05) is 25.2 Å². The van der Waals surface area contributed by atoms with E-state index < -0.39 is 32.7 Å². The minimum Gasteiger partial charge on any atom is -0.351 e. The van der Waals surface area contributed by atoms with Gasteiger partial charge in [-0.25, -0.2) is 12.8 Å². The summed E-state index contributed by atoms with van der Waals surface area (Å²) in [7, 11) is -4.20. The van der Waals surface area contributed by atoms with Crippen LogP contribution in [0.3, 0.4) is 0 Å². The second-order valence-electron chi connectivity index (χ2n) is 7.42. The zero-order valence-electron chi connectivity index (χ0n) is 17.7. The Bertz CT molecular complexity index is 1060. The number of hydrogen-bond donors (Lipinski definition) is 2. The van der Waals surface area contributed by atoms with Crippen LogP contribution in [0.25, 0.3) is 0 Å². The number of carbonyl (C=O) groups is 2. The van der Waals surface area contributed by atoms with Crippen LogP contribution in [0, 0.1) is 5.82 Å². The van der Waals surface area contributed by atoms with E-state index in [-0.39, 0.29) is 18.9 Å². The third-order valence-electron chi connectivity index (χ3n) is 5.14. The lowest BCUT2D eigenvalue weighted by molar-refractivity contribution is -0.123. The van der Waals surface area contributed by atoms with Crippen LogP contribution >= 0.6 is 11.8 Å². The Kier molecular flexibility index (Phi) is 8.27. The molecule has 1 saturated heterocycles. The highest BCUT2D eigenvalue weighted by atomic mass is 32.2. The first-order valence-corrected chi connectivity index (χ1v) is 13.1. The molecule has 0 bridgehead atoms. The summed E-state index contributed by atoms with van der Waals surface area (Å²) >= 11 is 1.48. The van der Waals surface area contributed by atoms with Crippen LogP contribution in [0.4, 0.5) is 10.1 Å². The Morgan fingerprint density at radius 1 is 1.19 bits per heavy atom. The van der Waals surface area contributed by atoms with Gasteiger partial charge in [0.1, 0.15) is 16.8 Å². The lowest BCUT2D eigenvalue weighted by Gasteiger charge is -2.19. The molecule has 1 atom stereocenters. The van der Waals surface area contributed by atoms with Gasteiger partial charge in [0.25, 0.3) is 0 Å². The molecule has 3 rings (SSSR count). The maximum atomic E-state index is 14.0. The summed E-state index contributed by atoms with van der Waals surface area (Å²) in [4.78, 5) is 25.8. The van der Waals surface area contributed by atoms with Gasteiger partial charge >= 0.3 is 0 Å². The molecule has 1 aliphatic rings. The van der Waals surface area contributed by atoms with Crippen molar-refractivity contribution in [2.45, 2.75) is 36.7 Å². The molecule has 0 aromatic heterocycles. The molecule has 0 saturated carbocycles. The van der Waals surface area contributed by atoms with Crippen LogP contribution in [0.2, 0.25) is 0 Å². The lowest BCUT2D eigenvalue weighted by Crippen LogP contribution is -2.46. The van der Waals surface area contributed by atoms with E-state index in [1.54, 1.807) is 4.90 Å². The largest absolute Gasteiger partial charge is 0.351 e. The van der Waals surface area contributed by atoms with Gasteiger partial charge in [-0.05, 0) is 54.7 Å². The lowest BCUT2D eigenvalue weighted by atomic mass is 10.1. The van der Waals surface area contributed by atoms with Crippen molar-refractivity contribution in [2.75, 3.05) is 23.5 Å². The molecule has 7 nitrogen and oxygen atoms in total. The summed E-state index contributed by atoms with van der Waals surface area (Å²) in [5, 5.41) is 2.74. The van der Waals surface area contributed by atoms with E-state index in [9.17, 15) is 22.4 Å². The van der Waals surface area contributed by atoms with E-state index in [0.29, 0.717) is 18.7 Å². The van der Waals surface area contributed by atoms with Gasteiger partial charge in [-0.15, -0.1) is 0 Å². The quantitative estimate of drug-likeness (QED) is 0.546. The first-order valence-electron chi connectivity index (χ1n) is 10.2. The average molecular weight is 480 g/mol. The molecule has 1 aliphatic heterocycles. The monoisotopic (exact) mass is 479 g/mol. The maximum absolute atomic E-state index is 14.0. The fraction of sp³-hybridized carbons (Fsp3) is 0.364. The molecule has 0 radical (unpaired) electrons. The third kappa shape index (κ3) is 6.08. The van der Waals surface area contributed by atoms with E-state index in [2.05, 4.69) is 10.0 Å². The number of amides is 2. The van der Waals surface area contributed by atoms with Crippen molar-refractivity contribution >= 4 is 39.3 Å². The molecule has 0 aliphatic carbocycles. The van der Waals surface area contributed by atoms with Crippen LogP contribution in [0.1, 0.15) is 24.8 Å². The van der Waals surface area contributed by atoms with Crippen molar-refractivity contribution in [2.24, 2.45) is 0 Å². The number of carbonyl (C=O) groups excluding carboxylic acids is 2. The number of halogens is 1. The van der Waals surface area contributed by atoms with Crippen molar-refractivity contribution in [1.82, 2.24) is 10.0 Å². The molecular weight excluding hydrogens is 453 g/mol. The van der Waals surface area contributed by atoms with Crippen LogP contribution in [0.15, 0.2) is 53.4 Å². The molecule has 2 aromatic rings. The Morgan fingerprint density at radius 2 is 1.91 bits per heavy atom. The minimum atomic E-state index is -4.20. The predicted octanol–water partition coefficient (Wildman–Crippen LogP) is 2.67. The fourth-order valence-corrected chi connectivity index (χ4v) is 5.20. The first kappa shape index (κ1) is 24.2. The van der Waals surface area contributed by atoms with E-state index in [1.807, 2.05) is 30.5 Å². The highest BCUT2D eigenvalue weighted by Gasteiger charge is 2.27. The number of sulfonamides is 1. The fourth-order valence-electron chi connectivity index (χ4n) is 3.42. The molecule has 2 amide bonds. The molecule has 10 heteroatoms. The van der Waals surface area contributed by atoms with Gasteiger partial charge in [-0.1, -0.05) is 24.3 Å². The van der Waals surface area contributed by atoms with Crippen molar-refractivity contribution in [3.63, 3.8) is 0 Å². The first-order chi connectivity index (χ1) is 15.3. The standard InChI is InChI=1S/C22H26FN3O4S2/c1-31-14-12-19(25-32(29,30)20-6-3-2-5-18(20)23)22(28)24-15-16-8-10-17(11-9-16)26-13-4-7-21(26)27/h2-3,5-6,8-11,19,25H,4,7,12-15H2,1H3,(H,24,28)/t19-/m0/s1. The summed E-state index contributed by atoms with van der Waals surface area (Å²) < 4.78 is 41.6. The van der Waals surface area contributed by atoms with Crippen molar-refractivity contribution in [3.8, 4) is 0 Å². The van der Waals surface area contributed by atoms with E-state index >= 15 is 0 Å². The van der Waals surface area contributed by atoms with Gasteiger partial charge in [0.2, 0.25) is 21.8 Å². The Balaban J connectivity index is 1.64. The molecule has 1 heterocycles. The summed E-state index contributed by atoms with van der Waals surface area (Å²) in [6, 6.07) is 11.3. The van der Waals surface area contributed by atoms with E-state index in [0.717, 1.165) is 29.8 Å². The Hall–Kier alpha value is -2.43. The van der Waals surface area contributed by atoms with Gasteiger partial charge in [-0.3, -0.25) is 9.59 Å². The van der Waals surface area contributed by atoms with Crippen molar-refractivity contribution < 1.29 is 22.4 Å². The van der Waals surface area contributed by atoms with Gasteiger partial charge < -0.3 is 10.2 Å². The predicted molar refractivity (Wildman–Crippen MR) is 123 cm³/mol. The number of nitrogens with one attached hydrogen (secondary N) is 2. The highest BCUT2D eigenvalue weighted by Crippen LogP contribution is 2.21. The molecule has 2 aromatic carbocycles. The second kappa shape index (κ2) is 10.9. The summed E-state index contributed by atoms with van der Waals surface area (Å²) in [6.07, 6.45) is 3.51. The number of benzene rings is 2. The number of hydrogen-bond acceptors (Lipinski definition) is 5. The molecule has 1 fully saturated rings. The van der Waals surface area contributed by atoms with Gasteiger partial charge in [0.15, 0.2) is 0 Å². The number of thioether (sulfide) groups is 1. The molecular formula is C22H26FN3O4S2. The third-order valence-corrected chi connectivity index (χ3v) is 7.29. The van der Waals surface area contributed by atoms with E-state index in [1.165, 1.54) is 23.9 Å². The SMILES string of the molecule is CSCC[C@H](NS(=O)(=O)c1ccccc1F)C(=O)NCc1ccc(N2CCCC2=O)cc1. The molecule has 32 heavy (non-hydrogen) atoms. The summed E-state index contributed by atoms with van der Waals surface area (Å²) in [5.74, 6) is -0.709. The Morgan fingerprint density at radius 3 is 2.53 bits per heavy atom. The van der Waals surface area contributed by atoms with Crippen LogP contribution < -0.4 is 14.9 Å². The molecule has 2 N–H and O–H groups in total. The smallest absolute Gasteiger partial charge is 0.244 e. The number of anilines is 1. The zero-order valence-corrected chi connectivity index (χ0v) is 19.3. The average Bonchev–Trinajstić information content (AvgIpc) is 3.21. The van der Waals surface area contributed by atoms with Crippen molar-refractivity contribution in [3.05, 3.63) is 59.9 Å². The molecule has 172 valence electrons. The number of nitrogens with zero attached hydrogens (tertiary/aromatic N) is 1. The Labute approximate surface area is 191 Å². The number of rotatable bonds is 10. The molecule has 0 unspecified atom stereocenters. The van der Waals surface area contributed by atoms with Crippen LogP contribution in [-0.2, 0) is 26.2 Å². The normalized spacial score (nSPS) is 15.1. The van der Waals surface area contributed by atoms with Crippen LogP contribution in [0.5, 0.6) is 0 Å². The summed E-state index contributed by atoms with van der Waals surface area (Å²) in [6.45, 7) is 0.901. The molecule has 0 spiro atoms. The zero-order chi connectivity index (χ0) is 23.1. The van der Waals surface area contributed by atoms with Gasteiger partial charge in [0.05, 0.1) is 0 Å². The second-order valence-corrected chi connectivity index (χ2v) is 10.1.